The van der Waals surface area contributed by atoms with Crippen molar-refractivity contribution in [2.24, 2.45) is 0 Å². The Hall–Kier alpha value is -2.23. The fourth-order valence-electron chi connectivity index (χ4n) is 5.65. The number of piperidine rings is 2. The standard InChI is InChI=1S/C27H33N3/c1-20(27-13-7-8-18-30(27)22-14-16-28-17-15-22)24-19-26(21-9-3-2-4-10-21)29-25-12-6-5-11-23(24)25/h2-6,9-12,19-20,22,27-28H,7-8,13-18H2,1H3. The topological polar surface area (TPSA) is 28.2 Å². The lowest BCUT2D eigenvalue weighted by Gasteiger charge is -2.45. The molecule has 0 amide bonds. The van der Waals surface area contributed by atoms with Crippen molar-refractivity contribution in [1.29, 1.82) is 0 Å². The number of rotatable bonds is 4. The molecule has 3 heterocycles. The molecular weight excluding hydrogens is 366 g/mol. The van der Waals surface area contributed by atoms with Gasteiger partial charge in [-0.05, 0) is 68.9 Å². The molecule has 3 heteroatoms. The Morgan fingerprint density at radius 1 is 0.933 bits per heavy atom. The molecule has 0 spiro atoms. The van der Waals surface area contributed by atoms with Crippen LogP contribution in [0.25, 0.3) is 22.2 Å². The maximum absolute atomic E-state index is 5.02. The number of benzene rings is 2. The van der Waals surface area contributed by atoms with Crippen LogP contribution in [0.5, 0.6) is 0 Å². The van der Waals surface area contributed by atoms with Gasteiger partial charge in [0, 0.05) is 23.0 Å². The largest absolute Gasteiger partial charge is 0.317 e. The average molecular weight is 400 g/mol. The number of para-hydroxylation sites is 1. The minimum Gasteiger partial charge on any atom is -0.317 e. The van der Waals surface area contributed by atoms with Crippen LogP contribution in [-0.4, -0.2) is 41.6 Å². The van der Waals surface area contributed by atoms with Crippen molar-refractivity contribution in [3.05, 3.63) is 66.2 Å². The Balaban J connectivity index is 1.55. The van der Waals surface area contributed by atoms with Crippen LogP contribution in [0.15, 0.2) is 60.7 Å². The molecule has 2 unspecified atom stereocenters. The van der Waals surface area contributed by atoms with Gasteiger partial charge in [0.15, 0.2) is 0 Å². The second kappa shape index (κ2) is 8.87. The Morgan fingerprint density at radius 2 is 1.70 bits per heavy atom. The summed E-state index contributed by atoms with van der Waals surface area (Å²) >= 11 is 0. The minimum atomic E-state index is 0.496. The molecule has 2 aliphatic rings. The molecule has 2 fully saturated rings. The Kier molecular flexibility index (Phi) is 5.83. The molecule has 156 valence electrons. The summed E-state index contributed by atoms with van der Waals surface area (Å²) in [5.74, 6) is 0.496. The maximum atomic E-state index is 5.02. The third-order valence-corrected chi connectivity index (χ3v) is 7.26. The van der Waals surface area contributed by atoms with E-state index in [1.54, 1.807) is 0 Å². The van der Waals surface area contributed by atoms with Gasteiger partial charge in [0.2, 0.25) is 0 Å². The van der Waals surface area contributed by atoms with E-state index in [1.807, 2.05) is 0 Å². The highest BCUT2D eigenvalue weighted by molar-refractivity contribution is 5.85. The number of nitrogens with zero attached hydrogens (tertiary/aromatic N) is 2. The first-order chi connectivity index (χ1) is 14.8. The van der Waals surface area contributed by atoms with Gasteiger partial charge in [0.1, 0.15) is 0 Å². The summed E-state index contributed by atoms with van der Waals surface area (Å²) in [4.78, 5) is 7.89. The number of hydrogen-bond acceptors (Lipinski definition) is 3. The van der Waals surface area contributed by atoms with E-state index in [0.717, 1.165) is 17.3 Å². The van der Waals surface area contributed by atoms with Gasteiger partial charge in [-0.25, -0.2) is 4.98 Å². The van der Waals surface area contributed by atoms with E-state index < -0.39 is 0 Å². The molecule has 0 aliphatic carbocycles. The van der Waals surface area contributed by atoms with Crippen molar-refractivity contribution < 1.29 is 0 Å². The molecule has 0 saturated carbocycles. The molecule has 1 N–H and O–H groups in total. The van der Waals surface area contributed by atoms with Gasteiger partial charge in [0.05, 0.1) is 11.2 Å². The number of fused-ring (bicyclic) bond motifs is 1. The van der Waals surface area contributed by atoms with Crippen molar-refractivity contribution in [2.75, 3.05) is 19.6 Å². The van der Waals surface area contributed by atoms with Gasteiger partial charge in [-0.3, -0.25) is 4.90 Å². The summed E-state index contributed by atoms with van der Waals surface area (Å²) in [6.45, 7) is 6.05. The zero-order valence-corrected chi connectivity index (χ0v) is 18.1. The van der Waals surface area contributed by atoms with Crippen LogP contribution >= 0.6 is 0 Å². The first-order valence-electron chi connectivity index (χ1n) is 11.7. The van der Waals surface area contributed by atoms with E-state index in [2.05, 4.69) is 77.8 Å². The Bertz CT molecular complexity index is 978. The van der Waals surface area contributed by atoms with Crippen LogP contribution in [-0.2, 0) is 0 Å². The molecule has 0 radical (unpaired) electrons. The maximum Gasteiger partial charge on any atom is 0.0712 e. The molecule has 5 rings (SSSR count). The van der Waals surface area contributed by atoms with Gasteiger partial charge in [0.25, 0.3) is 0 Å². The van der Waals surface area contributed by atoms with E-state index in [9.17, 15) is 0 Å². The number of nitrogens with one attached hydrogen (secondary N) is 1. The zero-order valence-electron chi connectivity index (χ0n) is 18.1. The van der Waals surface area contributed by atoms with Gasteiger partial charge < -0.3 is 5.32 Å². The summed E-state index contributed by atoms with van der Waals surface area (Å²) in [5.41, 5.74) is 4.88. The number of pyridine rings is 1. The van der Waals surface area contributed by atoms with Crippen molar-refractivity contribution in [1.82, 2.24) is 15.2 Å². The van der Waals surface area contributed by atoms with Crippen LogP contribution < -0.4 is 5.32 Å². The van der Waals surface area contributed by atoms with Crippen LogP contribution in [0.2, 0.25) is 0 Å². The van der Waals surface area contributed by atoms with E-state index in [1.165, 1.54) is 68.3 Å². The predicted octanol–water partition coefficient (Wildman–Crippen LogP) is 5.61. The summed E-state index contributed by atoms with van der Waals surface area (Å²) in [7, 11) is 0. The fourth-order valence-corrected chi connectivity index (χ4v) is 5.65. The molecule has 30 heavy (non-hydrogen) atoms. The highest BCUT2D eigenvalue weighted by atomic mass is 15.2. The summed E-state index contributed by atoms with van der Waals surface area (Å²) < 4.78 is 0. The smallest absolute Gasteiger partial charge is 0.0712 e. The summed E-state index contributed by atoms with van der Waals surface area (Å²) in [6, 6.07) is 23.1. The third kappa shape index (κ3) is 3.89. The summed E-state index contributed by atoms with van der Waals surface area (Å²) in [6.07, 6.45) is 6.58. The quantitative estimate of drug-likeness (QED) is 0.618. The second-order valence-electron chi connectivity index (χ2n) is 9.05. The molecule has 2 aromatic carbocycles. The van der Waals surface area contributed by atoms with E-state index in [-0.39, 0.29) is 0 Å². The van der Waals surface area contributed by atoms with Crippen molar-refractivity contribution >= 4 is 10.9 Å². The molecule has 2 aliphatic heterocycles. The molecule has 2 saturated heterocycles. The first-order valence-corrected chi connectivity index (χ1v) is 11.7. The normalized spacial score (nSPS) is 22.2. The fraction of sp³-hybridized carbons (Fsp3) is 0.444. The lowest BCUT2D eigenvalue weighted by atomic mass is 9.83. The van der Waals surface area contributed by atoms with Crippen LogP contribution in [0.3, 0.4) is 0 Å². The average Bonchev–Trinajstić information content (AvgIpc) is 2.84. The SMILES string of the molecule is CC(c1cc(-c2ccccc2)nc2ccccc12)C1CCCCN1C1CCNCC1. The van der Waals surface area contributed by atoms with E-state index in [4.69, 9.17) is 4.98 Å². The lowest BCUT2D eigenvalue weighted by molar-refractivity contribution is 0.0640. The number of hydrogen-bond donors (Lipinski definition) is 1. The molecule has 3 aromatic rings. The monoisotopic (exact) mass is 399 g/mol. The van der Waals surface area contributed by atoms with Crippen LogP contribution in [0, 0.1) is 0 Å². The third-order valence-electron chi connectivity index (χ3n) is 7.26. The highest BCUT2D eigenvalue weighted by Gasteiger charge is 2.34. The van der Waals surface area contributed by atoms with Gasteiger partial charge in [-0.15, -0.1) is 0 Å². The minimum absolute atomic E-state index is 0.496. The highest BCUT2D eigenvalue weighted by Crippen LogP contribution is 2.37. The van der Waals surface area contributed by atoms with Gasteiger partial charge in [-0.1, -0.05) is 61.9 Å². The van der Waals surface area contributed by atoms with Crippen LogP contribution in [0.1, 0.15) is 50.5 Å². The van der Waals surface area contributed by atoms with E-state index >= 15 is 0 Å². The molecule has 3 nitrogen and oxygen atoms in total. The molecule has 0 bridgehead atoms. The molecule has 1 aromatic heterocycles. The summed E-state index contributed by atoms with van der Waals surface area (Å²) in [5, 5.41) is 4.86. The lowest BCUT2D eigenvalue weighted by Crippen LogP contribution is -2.51. The zero-order chi connectivity index (χ0) is 20.3. The molecule has 2 atom stereocenters. The molecular formula is C27H33N3. The Labute approximate surface area is 180 Å². The van der Waals surface area contributed by atoms with Crippen molar-refractivity contribution in [2.45, 2.75) is 57.0 Å². The van der Waals surface area contributed by atoms with E-state index in [0.29, 0.717) is 12.0 Å². The first kappa shape index (κ1) is 19.7. The number of aromatic nitrogens is 1. The van der Waals surface area contributed by atoms with Gasteiger partial charge >= 0.3 is 0 Å². The number of likely N-dealkylation sites (tertiary alicyclic amines) is 1. The van der Waals surface area contributed by atoms with Crippen LogP contribution in [0.4, 0.5) is 0 Å². The van der Waals surface area contributed by atoms with Crippen molar-refractivity contribution in [3.63, 3.8) is 0 Å². The predicted molar refractivity (Wildman–Crippen MR) is 126 cm³/mol. The Morgan fingerprint density at radius 3 is 2.53 bits per heavy atom. The van der Waals surface area contributed by atoms with Crippen molar-refractivity contribution in [3.8, 4) is 11.3 Å². The van der Waals surface area contributed by atoms with Gasteiger partial charge in [-0.2, -0.15) is 0 Å². The second-order valence-corrected chi connectivity index (χ2v) is 9.05.